The van der Waals surface area contributed by atoms with E-state index in [-0.39, 0.29) is 5.56 Å². The van der Waals surface area contributed by atoms with Crippen molar-refractivity contribution >= 4 is 44.8 Å². The van der Waals surface area contributed by atoms with Crippen molar-refractivity contribution in [2.24, 2.45) is 0 Å². The Labute approximate surface area is 134 Å². The van der Waals surface area contributed by atoms with Gasteiger partial charge < -0.3 is 5.32 Å². The number of rotatable bonds is 4. The molecule has 0 unspecified atom stereocenters. The molecule has 0 fully saturated rings. The molecule has 0 radical (unpaired) electrons. The quantitative estimate of drug-likeness (QED) is 0.655. The van der Waals surface area contributed by atoms with Crippen molar-refractivity contribution < 1.29 is 8.78 Å². The highest BCUT2D eigenvalue weighted by Gasteiger charge is 2.08. The van der Waals surface area contributed by atoms with E-state index in [2.05, 4.69) is 21.2 Å². The van der Waals surface area contributed by atoms with Crippen molar-refractivity contribution in [1.82, 2.24) is 0 Å². The van der Waals surface area contributed by atoms with Crippen LogP contribution in [0.3, 0.4) is 0 Å². The topological polar surface area (TPSA) is 12.0 Å². The van der Waals surface area contributed by atoms with Gasteiger partial charge in [-0.05, 0) is 17.7 Å². The molecule has 6 heteroatoms. The van der Waals surface area contributed by atoms with Crippen LogP contribution in [0.4, 0.5) is 14.5 Å². The first-order valence-corrected chi connectivity index (χ1v) is 7.27. The number of hydrogen-bond acceptors (Lipinski definition) is 1. The van der Waals surface area contributed by atoms with Gasteiger partial charge in [-0.3, -0.25) is 0 Å². The largest absolute Gasteiger partial charge is 0.379 e. The Hall–Kier alpha value is -0.840. The average Bonchev–Trinajstić information content (AvgIpc) is 2.38. The first-order valence-electron chi connectivity index (χ1n) is 5.73. The first-order chi connectivity index (χ1) is 9.47. The van der Waals surface area contributed by atoms with Gasteiger partial charge in [0.15, 0.2) is 0 Å². The second-order valence-electron chi connectivity index (χ2n) is 4.14. The zero-order chi connectivity index (χ0) is 14.7. The number of nitrogens with one attached hydrogen (secondary N) is 1. The number of anilines is 1. The van der Waals surface area contributed by atoms with Crippen LogP contribution in [0.5, 0.6) is 0 Å². The molecular weight excluding hydrogens is 371 g/mol. The van der Waals surface area contributed by atoms with E-state index in [0.717, 1.165) is 10.0 Å². The van der Waals surface area contributed by atoms with Crippen LogP contribution in [0, 0.1) is 0 Å². The van der Waals surface area contributed by atoms with Crippen LogP contribution in [-0.2, 0) is 6.54 Å². The Bertz CT molecular complexity index is 580. The van der Waals surface area contributed by atoms with Gasteiger partial charge in [0.2, 0.25) is 0 Å². The summed E-state index contributed by atoms with van der Waals surface area (Å²) in [4.78, 5) is 0. The molecule has 0 saturated carbocycles. The second kappa shape index (κ2) is 6.74. The summed E-state index contributed by atoms with van der Waals surface area (Å²) in [5.74, 6) is 0. The summed E-state index contributed by atoms with van der Waals surface area (Å²) in [7, 11) is 0. The molecule has 1 nitrogen and oxygen atoms in total. The molecule has 0 aliphatic carbocycles. The third-order valence-electron chi connectivity index (χ3n) is 2.71. The lowest BCUT2D eigenvalue weighted by Gasteiger charge is -2.11. The van der Waals surface area contributed by atoms with Crippen molar-refractivity contribution in [3.05, 3.63) is 62.0 Å². The Kier molecular flexibility index (Phi) is 5.24. The fourth-order valence-electron chi connectivity index (χ4n) is 1.68. The number of alkyl halides is 2. The molecule has 0 saturated heterocycles. The van der Waals surface area contributed by atoms with Gasteiger partial charge in [-0.2, -0.15) is 0 Å². The average molecular weight is 381 g/mol. The Morgan fingerprint density at radius 3 is 2.10 bits per heavy atom. The van der Waals surface area contributed by atoms with Gasteiger partial charge in [0, 0.05) is 16.6 Å². The predicted molar refractivity (Wildman–Crippen MR) is 82.9 cm³/mol. The van der Waals surface area contributed by atoms with Crippen LogP contribution >= 0.6 is 39.1 Å². The fourth-order valence-corrected chi connectivity index (χ4v) is 3.02. The lowest BCUT2D eigenvalue weighted by molar-refractivity contribution is 0.151. The normalized spacial score (nSPS) is 10.9. The molecule has 106 valence electrons. The fraction of sp³-hybridized carbons (Fsp3) is 0.143. The molecular formula is C14H10BrCl2F2N. The highest BCUT2D eigenvalue weighted by Crippen LogP contribution is 2.34. The second-order valence-corrected chi connectivity index (χ2v) is 5.87. The first kappa shape index (κ1) is 15.5. The van der Waals surface area contributed by atoms with Gasteiger partial charge >= 0.3 is 0 Å². The maximum absolute atomic E-state index is 12.4. The molecule has 2 aromatic carbocycles. The monoisotopic (exact) mass is 379 g/mol. The number of halogens is 5. The van der Waals surface area contributed by atoms with Crippen LogP contribution in [0.1, 0.15) is 17.6 Å². The van der Waals surface area contributed by atoms with Gasteiger partial charge in [-0.1, -0.05) is 63.4 Å². The van der Waals surface area contributed by atoms with Crippen LogP contribution in [0.15, 0.2) is 40.9 Å². The van der Waals surface area contributed by atoms with Gasteiger partial charge in [0.25, 0.3) is 6.43 Å². The van der Waals surface area contributed by atoms with E-state index in [4.69, 9.17) is 23.2 Å². The Morgan fingerprint density at radius 2 is 1.60 bits per heavy atom. The van der Waals surface area contributed by atoms with Gasteiger partial charge in [0.05, 0.1) is 15.7 Å². The van der Waals surface area contributed by atoms with E-state index in [1.165, 1.54) is 12.1 Å². The van der Waals surface area contributed by atoms with E-state index in [1.54, 1.807) is 24.3 Å². The van der Waals surface area contributed by atoms with Crippen LogP contribution in [0.2, 0.25) is 10.0 Å². The Morgan fingerprint density at radius 1 is 1.05 bits per heavy atom. The molecule has 0 aliphatic rings. The predicted octanol–water partition coefficient (Wildman–Crippen LogP) is 6.31. The van der Waals surface area contributed by atoms with E-state index >= 15 is 0 Å². The molecule has 0 bridgehead atoms. The van der Waals surface area contributed by atoms with Crippen molar-refractivity contribution in [1.29, 1.82) is 0 Å². The summed E-state index contributed by atoms with van der Waals surface area (Å²) in [6, 6.07) is 9.58. The third-order valence-corrected chi connectivity index (χ3v) is 3.76. The van der Waals surface area contributed by atoms with Crippen molar-refractivity contribution in [2.45, 2.75) is 13.0 Å². The molecule has 0 aromatic heterocycles. The standard InChI is InChI=1S/C14H10BrCl2F2N/c15-10-5-11(16)13(12(17)6-10)20-7-8-1-3-9(4-2-8)14(18)19/h1-6,14,20H,7H2. The van der Waals surface area contributed by atoms with E-state index < -0.39 is 6.43 Å². The summed E-state index contributed by atoms with van der Waals surface area (Å²) in [5.41, 5.74) is 1.49. The van der Waals surface area contributed by atoms with Crippen LogP contribution < -0.4 is 5.32 Å². The zero-order valence-electron chi connectivity index (χ0n) is 10.1. The minimum absolute atomic E-state index is 0.00783. The van der Waals surface area contributed by atoms with Gasteiger partial charge in [0.1, 0.15) is 0 Å². The molecule has 0 heterocycles. The van der Waals surface area contributed by atoms with Gasteiger partial charge in [-0.25, -0.2) is 8.78 Å². The maximum atomic E-state index is 12.4. The highest BCUT2D eigenvalue weighted by atomic mass is 79.9. The molecule has 2 aromatic rings. The molecule has 0 spiro atoms. The maximum Gasteiger partial charge on any atom is 0.263 e. The number of benzene rings is 2. The smallest absolute Gasteiger partial charge is 0.263 e. The Balaban J connectivity index is 2.09. The van der Waals surface area contributed by atoms with Crippen LogP contribution in [-0.4, -0.2) is 0 Å². The number of hydrogen-bond donors (Lipinski definition) is 1. The third kappa shape index (κ3) is 3.84. The summed E-state index contributed by atoms with van der Waals surface area (Å²) >= 11 is 15.5. The molecule has 0 atom stereocenters. The molecule has 1 N–H and O–H groups in total. The zero-order valence-corrected chi connectivity index (χ0v) is 13.2. The SMILES string of the molecule is FC(F)c1ccc(CNc2c(Cl)cc(Br)cc2Cl)cc1. The van der Waals surface area contributed by atoms with Crippen molar-refractivity contribution in [3.63, 3.8) is 0 Å². The van der Waals surface area contributed by atoms with Crippen LogP contribution in [0.25, 0.3) is 0 Å². The van der Waals surface area contributed by atoms with Crippen molar-refractivity contribution in [3.8, 4) is 0 Å². The van der Waals surface area contributed by atoms with E-state index in [9.17, 15) is 8.78 Å². The van der Waals surface area contributed by atoms with Crippen molar-refractivity contribution in [2.75, 3.05) is 5.32 Å². The van der Waals surface area contributed by atoms with Gasteiger partial charge in [-0.15, -0.1) is 0 Å². The summed E-state index contributed by atoms with van der Waals surface area (Å²) in [6.07, 6.45) is -2.45. The molecule has 0 aliphatic heterocycles. The lowest BCUT2D eigenvalue weighted by atomic mass is 10.1. The minimum Gasteiger partial charge on any atom is -0.379 e. The lowest BCUT2D eigenvalue weighted by Crippen LogP contribution is -2.01. The highest BCUT2D eigenvalue weighted by molar-refractivity contribution is 9.10. The summed E-state index contributed by atoms with van der Waals surface area (Å²) < 4.78 is 25.7. The minimum atomic E-state index is -2.45. The summed E-state index contributed by atoms with van der Waals surface area (Å²) in [5, 5.41) is 4.09. The summed E-state index contributed by atoms with van der Waals surface area (Å²) in [6.45, 7) is 0.449. The molecule has 2 rings (SSSR count). The molecule has 0 amide bonds. The van der Waals surface area contributed by atoms with E-state index in [0.29, 0.717) is 22.3 Å². The van der Waals surface area contributed by atoms with E-state index in [1.807, 2.05) is 0 Å². The molecule has 20 heavy (non-hydrogen) atoms.